The van der Waals surface area contributed by atoms with Crippen LogP contribution in [0.25, 0.3) is 0 Å². The molecule has 0 aromatic heterocycles. The van der Waals surface area contributed by atoms with E-state index in [9.17, 15) is 0 Å². The van der Waals surface area contributed by atoms with E-state index in [1.54, 1.807) is 0 Å². The molecule has 0 aliphatic heterocycles. The van der Waals surface area contributed by atoms with Crippen molar-refractivity contribution in [3.63, 3.8) is 0 Å². The maximum Gasteiger partial charge on any atom is 0.0573 e. The maximum absolute atomic E-state index is 8.76. The summed E-state index contributed by atoms with van der Waals surface area (Å²) in [6, 6.07) is 0. The van der Waals surface area contributed by atoms with Gasteiger partial charge in [-0.15, -0.1) is 0 Å². The summed E-state index contributed by atoms with van der Waals surface area (Å²) in [5.74, 6) is 0. The van der Waals surface area contributed by atoms with Gasteiger partial charge in [-0.2, -0.15) is 0 Å². The van der Waals surface area contributed by atoms with Crippen molar-refractivity contribution in [3.05, 3.63) is 12.2 Å². The van der Waals surface area contributed by atoms with Crippen LogP contribution >= 0.6 is 0 Å². The van der Waals surface area contributed by atoms with Gasteiger partial charge in [-0.1, -0.05) is 36.6 Å². The van der Waals surface area contributed by atoms with Gasteiger partial charge in [-0.25, -0.2) is 0 Å². The normalized spacial score (nSPS) is 26.4. The Balaban J connectivity index is 2.34. The summed E-state index contributed by atoms with van der Waals surface area (Å²) < 4.78 is 0. The molecule has 1 N–H and O–H groups in total. The van der Waals surface area contributed by atoms with E-state index in [1.165, 1.54) is 38.5 Å². The summed E-state index contributed by atoms with van der Waals surface area (Å²) in [6.07, 6.45) is 15.1. The molecule has 0 fully saturated rings. The molecule has 0 saturated heterocycles. The minimum atomic E-state index is 0.924. The van der Waals surface area contributed by atoms with Crippen molar-refractivity contribution < 1.29 is 5.21 Å². The zero-order chi connectivity index (χ0) is 10.1. The zero-order valence-electron chi connectivity index (χ0n) is 8.91. The first-order valence-corrected chi connectivity index (χ1v) is 5.78. The van der Waals surface area contributed by atoms with Crippen LogP contribution in [0.4, 0.5) is 0 Å². The summed E-state index contributed by atoms with van der Waals surface area (Å²) in [4.78, 5) is 0. The van der Waals surface area contributed by atoms with Gasteiger partial charge >= 0.3 is 0 Å². The number of nitrogens with zero attached hydrogens (tertiary/aromatic N) is 1. The first-order chi connectivity index (χ1) is 6.93. The van der Waals surface area contributed by atoms with Crippen LogP contribution in [0, 0.1) is 0 Å². The first kappa shape index (κ1) is 11.3. The average molecular weight is 195 g/mol. The largest absolute Gasteiger partial charge is 0.411 e. The molecule has 1 aliphatic rings. The van der Waals surface area contributed by atoms with Gasteiger partial charge in [0.25, 0.3) is 0 Å². The van der Waals surface area contributed by atoms with Crippen LogP contribution in [0.2, 0.25) is 0 Å². The molecule has 1 aliphatic carbocycles. The molecule has 0 heterocycles. The topological polar surface area (TPSA) is 32.6 Å². The summed E-state index contributed by atoms with van der Waals surface area (Å²) in [5, 5.41) is 12.1. The van der Waals surface area contributed by atoms with Crippen LogP contribution in [0.5, 0.6) is 0 Å². The van der Waals surface area contributed by atoms with Gasteiger partial charge in [0.2, 0.25) is 0 Å². The lowest BCUT2D eigenvalue weighted by molar-refractivity contribution is 0.316. The minimum Gasteiger partial charge on any atom is -0.411 e. The van der Waals surface area contributed by atoms with E-state index in [0.29, 0.717) is 0 Å². The lowest BCUT2D eigenvalue weighted by Gasteiger charge is -2.04. The van der Waals surface area contributed by atoms with E-state index in [0.717, 1.165) is 25.0 Å². The Morgan fingerprint density at radius 3 is 2.43 bits per heavy atom. The molecular formula is C12H21NO. The second-order valence-corrected chi connectivity index (χ2v) is 3.98. The van der Waals surface area contributed by atoms with Gasteiger partial charge in [-0.3, -0.25) is 0 Å². The van der Waals surface area contributed by atoms with Gasteiger partial charge in [0.05, 0.1) is 5.71 Å². The Bertz CT molecular complexity index is 196. The summed E-state index contributed by atoms with van der Waals surface area (Å²) in [7, 11) is 0. The smallest absolute Gasteiger partial charge is 0.0573 e. The lowest BCUT2D eigenvalue weighted by Crippen LogP contribution is -1.98. The first-order valence-electron chi connectivity index (χ1n) is 5.78. The predicted octanol–water partition coefficient (Wildman–Crippen LogP) is 3.90. The van der Waals surface area contributed by atoms with Crippen LogP contribution in [-0.4, -0.2) is 10.9 Å². The summed E-state index contributed by atoms with van der Waals surface area (Å²) in [6.45, 7) is 0. The predicted molar refractivity (Wildman–Crippen MR) is 59.9 cm³/mol. The number of rotatable bonds is 0. The molecule has 0 aromatic rings. The third-order valence-corrected chi connectivity index (χ3v) is 2.74. The monoisotopic (exact) mass is 195 g/mol. The Morgan fingerprint density at radius 1 is 0.857 bits per heavy atom. The van der Waals surface area contributed by atoms with Gasteiger partial charge < -0.3 is 5.21 Å². The molecule has 1 rings (SSSR count). The molecule has 0 aromatic carbocycles. The molecule has 2 nitrogen and oxygen atoms in total. The van der Waals surface area contributed by atoms with E-state index in [2.05, 4.69) is 17.3 Å². The van der Waals surface area contributed by atoms with Gasteiger partial charge in [0.1, 0.15) is 0 Å². The van der Waals surface area contributed by atoms with Crippen molar-refractivity contribution in [2.45, 2.75) is 57.8 Å². The molecule has 0 unspecified atom stereocenters. The third kappa shape index (κ3) is 5.05. The summed E-state index contributed by atoms with van der Waals surface area (Å²) >= 11 is 0. The molecule has 0 bridgehead atoms. The van der Waals surface area contributed by atoms with E-state index in [1.807, 2.05) is 0 Å². The van der Waals surface area contributed by atoms with Crippen LogP contribution in [0.15, 0.2) is 17.3 Å². The molecule has 0 saturated carbocycles. The second-order valence-electron chi connectivity index (χ2n) is 3.98. The van der Waals surface area contributed by atoms with E-state index >= 15 is 0 Å². The highest BCUT2D eigenvalue weighted by Gasteiger charge is 2.00. The molecule has 80 valence electrons. The highest BCUT2D eigenvalue weighted by molar-refractivity contribution is 5.83. The van der Waals surface area contributed by atoms with Gasteiger partial charge in [0, 0.05) is 0 Å². The summed E-state index contributed by atoms with van der Waals surface area (Å²) in [5.41, 5.74) is 0.968. The molecule has 0 spiro atoms. The van der Waals surface area contributed by atoms with E-state index in [4.69, 9.17) is 5.21 Å². The lowest BCUT2D eigenvalue weighted by atomic mass is 10.0. The Hall–Kier alpha value is -0.790. The fourth-order valence-electron chi connectivity index (χ4n) is 1.83. The van der Waals surface area contributed by atoms with Crippen molar-refractivity contribution in [2.75, 3.05) is 0 Å². The fraction of sp³-hybridized carbons (Fsp3) is 0.750. The highest BCUT2D eigenvalue weighted by atomic mass is 16.4. The third-order valence-electron chi connectivity index (χ3n) is 2.74. The fourth-order valence-corrected chi connectivity index (χ4v) is 1.83. The molecule has 2 heteroatoms. The molecular weight excluding hydrogens is 174 g/mol. The molecule has 0 radical (unpaired) electrons. The van der Waals surface area contributed by atoms with E-state index in [-0.39, 0.29) is 0 Å². The number of oxime groups is 1. The van der Waals surface area contributed by atoms with Crippen molar-refractivity contribution in [1.82, 2.24) is 0 Å². The zero-order valence-corrected chi connectivity index (χ0v) is 8.91. The minimum absolute atomic E-state index is 0.924. The van der Waals surface area contributed by atoms with Crippen LogP contribution in [0.3, 0.4) is 0 Å². The number of hydrogen-bond acceptors (Lipinski definition) is 2. The van der Waals surface area contributed by atoms with Crippen LogP contribution in [0.1, 0.15) is 57.8 Å². The molecule has 14 heavy (non-hydrogen) atoms. The number of allylic oxidation sites excluding steroid dienone is 2. The highest BCUT2D eigenvalue weighted by Crippen LogP contribution is 2.11. The van der Waals surface area contributed by atoms with Crippen molar-refractivity contribution >= 4 is 5.71 Å². The van der Waals surface area contributed by atoms with Crippen molar-refractivity contribution in [2.24, 2.45) is 5.16 Å². The van der Waals surface area contributed by atoms with Gasteiger partial charge in [-0.05, 0) is 38.5 Å². The average Bonchev–Trinajstić information content (AvgIpc) is 2.19. The second kappa shape index (κ2) is 7.60. The standard InChI is InChI=1S/C12H21NO/c14-13-12-10-8-6-4-2-1-3-5-7-9-11-12/h4,6,14H,1-3,5,7-11H2/b6-4-,13-12?. The quantitative estimate of drug-likeness (QED) is 0.355. The SMILES string of the molecule is ON=C1CC/C=C\CCCCCCC1. The molecule has 0 atom stereocenters. The Labute approximate surface area is 86.7 Å². The number of hydrogen-bond donors (Lipinski definition) is 1. The Kier molecular flexibility index (Phi) is 6.13. The van der Waals surface area contributed by atoms with Crippen LogP contribution < -0.4 is 0 Å². The molecule has 0 amide bonds. The van der Waals surface area contributed by atoms with Gasteiger partial charge in [0.15, 0.2) is 0 Å². The Morgan fingerprint density at radius 2 is 1.57 bits per heavy atom. The van der Waals surface area contributed by atoms with Crippen LogP contribution in [-0.2, 0) is 0 Å². The maximum atomic E-state index is 8.76. The van der Waals surface area contributed by atoms with Crippen molar-refractivity contribution in [3.8, 4) is 0 Å². The van der Waals surface area contributed by atoms with E-state index < -0.39 is 0 Å². The van der Waals surface area contributed by atoms with Crippen molar-refractivity contribution in [1.29, 1.82) is 0 Å².